The van der Waals surface area contributed by atoms with Crippen molar-refractivity contribution < 1.29 is 0 Å². The molecule has 0 spiro atoms. The lowest BCUT2D eigenvalue weighted by molar-refractivity contribution is 0.420. The Morgan fingerprint density at radius 1 is 1.11 bits per heavy atom. The van der Waals surface area contributed by atoms with E-state index in [0.29, 0.717) is 6.04 Å². The Morgan fingerprint density at radius 3 is 2.59 bits per heavy atom. The first-order valence-electron chi connectivity index (χ1n) is 9.69. The molecule has 0 aliphatic carbocycles. The van der Waals surface area contributed by atoms with Crippen LogP contribution in [0.3, 0.4) is 0 Å². The van der Waals surface area contributed by atoms with Crippen LogP contribution in [0.1, 0.15) is 24.1 Å². The fourth-order valence-electron chi connectivity index (χ4n) is 3.31. The van der Waals surface area contributed by atoms with Crippen molar-refractivity contribution in [3.8, 4) is 0 Å². The number of nitrogens with one attached hydrogen (secondary N) is 2. The van der Waals surface area contributed by atoms with Crippen LogP contribution in [0.4, 0.5) is 17.6 Å². The van der Waals surface area contributed by atoms with Gasteiger partial charge in [0.25, 0.3) is 0 Å². The Labute approximate surface area is 162 Å². The molecule has 1 aliphatic rings. The first kappa shape index (κ1) is 19.4. The molecular formula is C20H31N7. The number of anilines is 3. The van der Waals surface area contributed by atoms with Gasteiger partial charge in [-0.05, 0) is 44.4 Å². The third-order valence-corrected chi connectivity index (χ3v) is 4.83. The minimum atomic E-state index is 0.560. The maximum Gasteiger partial charge on any atom is 0.226 e. The molecule has 3 rings (SSSR count). The summed E-state index contributed by atoms with van der Waals surface area (Å²) >= 11 is 0. The van der Waals surface area contributed by atoms with E-state index in [1.807, 2.05) is 38.2 Å². The van der Waals surface area contributed by atoms with Crippen molar-refractivity contribution in [1.82, 2.24) is 20.3 Å². The highest BCUT2D eigenvalue weighted by molar-refractivity contribution is 5.45. The lowest BCUT2D eigenvalue weighted by Gasteiger charge is -2.33. The van der Waals surface area contributed by atoms with Crippen molar-refractivity contribution >= 4 is 17.6 Å². The average molecular weight is 370 g/mol. The molecule has 0 aromatic carbocycles. The van der Waals surface area contributed by atoms with Gasteiger partial charge in [0.1, 0.15) is 11.6 Å². The quantitative estimate of drug-likeness (QED) is 0.725. The smallest absolute Gasteiger partial charge is 0.226 e. The third kappa shape index (κ3) is 5.53. The second kappa shape index (κ2) is 8.99. The molecule has 1 aliphatic heterocycles. The van der Waals surface area contributed by atoms with Gasteiger partial charge in [0.15, 0.2) is 0 Å². The molecule has 1 saturated heterocycles. The summed E-state index contributed by atoms with van der Waals surface area (Å²) < 4.78 is 0. The first-order valence-corrected chi connectivity index (χ1v) is 9.69. The number of hydrogen-bond acceptors (Lipinski definition) is 7. The predicted octanol–water partition coefficient (Wildman–Crippen LogP) is 2.22. The third-order valence-electron chi connectivity index (χ3n) is 4.83. The summed E-state index contributed by atoms with van der Waals surface area (Å²) in [4.78, 5) is 17.9. The fourth-order valence-corrected chi connectivity index (χ4v) is 3.31. The topological polar surface area (TPSA) is 69.2 Å². The van der Waals surface area contributed by atoms with Gasteiger partial charge in [-0.15, -0.1) is 0 Å². The number of hydrogen-bond donors (Lipinski definition) is 2. The maximum atomic E-state index is 4.70. The summed E-state index contributed by atoms with van der Waals surface area (Å²) in [6.45, 7) is 7.98. The Bertz CT molecular complexity index is 739. The number of rotatable bonds is 7. The molecule has 7 nitrogen and oxygen atoms in total. The Hall–Kier alpha value is -2.41. The number of piperidine rings is 1. The molecule has 27 heavy (non-hydrogen) atoms. The van der Waals surface area contributed by atoms with Crippen molar-refractivity contribution in [2.24, 2.45) is 0 Å². The van der Waals surface area contributed by atoms with Crippen molar-refractivity contribution in [2.45, 2.75) is 32.7 Å². The van der Waals surface area contributed by atoms with E-state index >= 15 is 0 Å². The van der Waals surface area contributed by atoms with E-state index in [4.69, 9.17) is 4.98 Å². The van der Waals surface area contributed by atoms with E-state index in [0.717, 1.165) is 62.3 Å². The fraction of sp³-hybridized carbons (Fsp3) is 0.550. The van der Waals surface area contributed by atoms with Crippen LogP contribution in [0.25, 0.3) is 0 Å². The summed E-state index contributed by atoms with van der Waals surface area (Å²) in [6.07, 6.45) is 4.10. The largest absolute Gasteiger partial charge is 0.369 e. The number of nitrogens with zero attached hydrogens (tertiary/aromatic N) is 5. The van der Waals surface area contributed by atoms with Crippen molar-refractivity contribution in [1.29, 1.82) is 0 Å². The van der Waals surface area contributed by atoms with Crippen LogP contribution in [0.2, 0.25) is 0 Å². The molecule has 0 amide bonds. The normalized spacial score (nSPS) is 15.0. The maximum absolute atomic E-state index is 4.70. The van der Waals surface area contributed by atoms with Crippen LogP contribution in [-0.4, -0.2) is 61.3 Å². The molecule has 1 fully saturated rings. The molecule has 2 aromatic heterocycles. The van der Waals surface area contributed by atoms with E-state index in [1.54, 1.807) is 0 Å². The Balaban J connectivity index is 1.42. The number of aromatic nitrogens is 3. The van der Waals surface area contributed by atoms with Gasteiger partial charge in [0, 0.05) is 64.3 Å². The van der Waals surface area contributed by atoms with E-state index < -0.39 is 0 Å². The van der Waals surface area contributed by atoms with Gasteiger partial charge in [-0.3, -0.25) is 0 Å². The van der Waals surface area contributed by atoms with Gasteiger partial charge in [0.05, 0.1) is 0 Å². The highest BCUT2D eigenvalue weighted by Gasteiger charge is 2.20. The highest BCUT2D eigenvalue weighted by Crippen LogP contribution is 2.20. The monoisotopic (exact) mass is 369 g/mol. The van der Waals surface area contributed by atoms with Gasteiger partial charge in [0.2, 0.25) is 5.95 Å². The van der Waals surface area contributed by atoms with Gasteiger partial charge in [-0.2, -0.15) is 4.98 Å². The molecule has 3 heterocycles. The van der Waals surface area contributed by atoms with Gasteiger partial charge in [-0.25, -0.2) is 9.97 Å². The SMILES string of the molecule is Cc1ccnc(NCCNC2CCN(c3cc(C)nc(N(C)C)n3)CC2)c1. The van der Waals surface area contributed by atoms with Crippen LogP contribution in [0, 0.1) is 13.8 Å². The Kier molecular flexibility index (Phi) is 6.45. The van der Waals surface area contributed by atoms with E-state index in [2.05, 4.69) is 44.6 Å². The molecule has 0 bridgehead atoms. The molecule has 2 aromatic rings. The highest BCUT2D eigenvalue weighted by atomic mass is 15.3. The van der Waals surface area contributed by atoms with E-state index in [9.17, 15) is 0 Å². The van der Waals surface area contributed by atoms with Gasteiger partial charge < -0.3 is 20.4 Å². The van der Waals surface area contributed by atoms with Crippen molar-refractivity contribution in [2.75, 3.05) is 55.4 Å². The zero-order chi connectivity index (χ0) is 19.2. The van der Waals surface area contributed by atoms with Crippen LogP contribution in [0.5, 0.6) is 0 Å². The molecule has 0 atom stereocenters. The lowest BCUT2D eigenvalue weighted by Crippen LogP contribution is -2.44. The van der Waals surface area contributed by atoms with Crippen LogP contribution in [-0.2, 0) is 0 Å². The summed E-state index contributed by atoms with van der Waals surface area (Å²) in [6, 6.07) is 6.73. The lowest BCUT2D eigenvalue weighted by atomic mass is 10.1. The van der Waals surface area contributed by atoms with Gasteiger partial charge in [-0.1, -0.05) is 0 Å². The molecule has 7 heteroatoms. The summed E-state index contributed by atoms with van der Waals surface area (Å²) in [5.41, 5.74) is 2.24. The van der Waals surface area contributed by atoms with Gasteiger partial charge >= 0.3 is 0 Å². The van der Waals surface area contributed by atoms with E-state index in [-0.39, 0.29) is 0 Å². The standard InChI is InChI=1S/C20H31N7/c1-15-5-8-22-18(13-15)23-10-9-21-17-6-11-27(12-7-17)19-14-16(2)24-20(25-19)26(3)4/h5,8,13-14,17,21H,6-7,9-12H2,1-4H3,(H,22,23). The summed E-state index contributed by atoms with van der Waals surface area (Å²) in [5.74, 6) is 2.76. The second-order valence-electron chi connectivity index (χ2n) is 7.42. The predicted molar refractivity (Wildman–Crippen MR) is 112 cm³/mol. The minimum Gasteiger partial charge on any atom is -0.369 e. The first-order chi connectivity index (χ1) is 13.0. The number of aryl methyl sites for hydroxylation is 2. The summed E-state index contributed by atoms with van der Waals surface area (Å²) in [5, 5.41) is 7.04. The van der Waals surface area contributed by atoms with Crippen LogP contribution >= 0.6 is 0 Å². The molecule has 0 unspecified atom stereocenters. The van der Waals surface area contributed by atoms with E-state index in [1.165, 1.54) is 5.56 Å². The molecule has 0 saturated carbocycles. The van der Waals surface area contributed by atoms with Crippen molar-refractivity contribution in [3.63, 3.8) is 0 Å². The van der Waals surface area contributed by atoms with Crippen molar-refractivity contribution in [3.05, 3.63) is 35.7 Å². The number of pyridine rings is 1. The molecule has 2 N–H and O–H groups in total. The second-order valence-corrected chi connectivity index (χ2v) is 7.42. The minimum absolute atomic E-state index is 0.560. The van der Waals surface area contributed by atoms with Crippen LogP contribution < -0.4 is 20.4 Å². The molecule has 146 valence electrons. The zero-order valence-electron chi connectivity index (χ0n) is 16.9. The average Bonchev–Trinajstić information content (AvgIpc) is 2.65. The molecule has 0 radical (unpaired) electrons. The zero-order valence-corrected chi connectivity index (χ0v) is 16.9. The molecular weight excluding hydrogens is 338 g/mol. The van der Waals surface area contributed by atoms with Crippen LogP contribution in [0.15, 0.2) is 24.4 Å². The summed E-state index contributed by atoms with van der Waals surface area (Å²) in [7, 11) is 3.96. The Morgan fingerprint density at radius 2 is 1.89 bits per heavy atom.